The Hall–Kier alpha value is -13.3. The molecule has 0 N–H and O–H groups in total. The average molecular weight is 1610 g/mol. The molecular weight excluding hydrogens is 1510 g/mol. The lowest BCUT2D eigenvalue weighted by molar-refractivity contribution is 0.447. The van der Waals surface area contributed by atoms with Crippen LogP contribution in [-0.2, 0) is 0 Å². The van der Waals surface area contributed by atoms with E-state index in [2.05, 4.69) is 200 Å². The van der Waals surface area contributed by atoms with Crippen LogP contribution in [-0.4, -0.2) is 0 Å². The van der Waals surface area contributed by atoms with Crippen LogP contribution in [0.1, 0.15) is 89.0 Å². The molecule has 0 saturated carbocycles. The third kappa shape index (κ3) is 21.7. The molecule has 0 spiro atoms. The van der Waals surface area contributed by atoms with Gasteiger partial charge >= 0.3 is 0 Å². The number of rotatable bonds is 15. The fourth-order valence-corrected chi connectivity index (χ4v) is 13.5. The molecule has 14 heteroatoms. The second-order valence-electron chi connectivity index (χ2n) is 30.6. The summed E-state index contributed by atoms with van der Waals surface area (Å²) >= 11 is 0. The molecule has 0 aliphatic carbocycles. The number of aryl methyl sites for hydroxylation is 16. The van der Waals surface area contributed by atoms with Crippen molar-refractivity contribution >= 4 is 85.3 Å². The lowest BCUT2D eigenvalue weighted by Crippen LogP contribution is -2.14. The van der Waals surface area contributed by atoms with Crippen molar-refractivity contribution in [2.75, 3.05) is 24.5 Å². The maximum atomic E-state index is 14.4. The zero-order valence-corrected chi connectivity index (χ0v) is 70.5. The molecule has 15 aromatic carbocycles. The van der Waals surface area contributed by atoms with Crippen LogP contribution in [0.2, 0.25) is 0 Å². The zero-order chi connectivity index (χ0) is 86.3. The standard InChI is InChI=1S/2C23H25N.3C20H16F3N/c1-16-6-10-21(11-7-16)24(22-12-9-18(3)19(4)15-22)23-13-8-17(2)14-20(23)5;1-16-6-10-21(11-7-16)24(22-12-8-17(2)19(4)14-22)23-13-9-18(3)20(5)15-23;1-13-3-7-16(8-4-13)24(17-9-5-14(2)6-10-17)20-18(22)11-15(21)12-19(20)23;1-13-3-7-15(8-4-13)24(16-9-5-14(2)6-10-16)17-11-18(21)20(23)19(22)12-17;1-13-3-7-15(8-4-13)24(16-9-5-14(2)6-10-16)18-12-11-17(21)19(22)20(18)23/h2*6-15H,1-5H3;3*3-12H,1-2H3. The van der Waals surface area contributed by atoms with Gasteiger partial charge in [-0.3, -0.25) is 0 Å². The van der Waals surface area contributed by atoms with Crippen molar-refractivity contribution in [3.05, 3.63) is 445 Å². The first kappa shape index (κ1) is 87.5. The molecule has 0 fully saturated rings. The molecule has 15 aromatic rings. The summed E-state index contributed by atoms with van der Waals surface area (Å²) in [7, 11) is 0. The minimum absolute atomic E-state index is 0.0402. The van der Waals surface area contributed by atoms with Gasteiger partial charge in [-0.25, -0.2) is 39.5 Å². The summed E-state index contributed by atoms with van der Waals surface area (Å²) < 4.78 is 124. The number of nitrogens with zero attached hydrogens (tertiary/aromatic N) is 5. The molecule has 0 amide bonds. The number of benzene rings is 15. The van der Waals surface area contributed by atoms with Gasteiger partial charge in [0.15, 0.2) is 46.5 Å². The van der Waals surface area contributed by atoms with Gasteiger partial charge in [-0.1, -0.05) is 177 Å². The third-order valence-corrected chi connectivity index (χ3v) is 20.9. The predicted octanol–water partition coefficient (Wildman–Crippen LogP) is 32.0. The summed E-state index contributed by atoms with van der Waals surface area (Å²) in [4.78, 5) is 9.38. The monoisotopic (exact) mass is 1610 g/mol. The van der Waals surface area contributed by atoms with E-state index in [1.807, 2.05) is 163 Å². The first-order chi connectivity index (χ1) is 57.3. The number of halogens is 9. The van der Waals surface area contributed by atoms with Crippen molar-refractivity contribution in [3.63, 3.8) is 0 Å². The second kappa shape index (κ2) is 39.3. The minimum atomic E-state index is -1.48. The Morgan fingerprint density at radius 3 is 0.700 bits per heavy atom. The molecule has 0 aliphatic heterocycles. The van der Waals surface area contributed by atoms with E-state index < -0.39 is 52.4 Å². The van der Waals surface area contributed by atoms with E-state index in [4.69, 9.17) is 0 Å². The van der Waals surface area contributed by atoms with Crippen molar-refractivity contribution < 1.29 is 39.5 Å². The fourth-order valence-electron chi connectivity index (χ4n) is 13.5. The first-order valence-electron chi connectivity index (χ1n) is 39.5. The van der Waals surface area contributed by atoms with Crippen LogP contribution < -0.4 is 24.5 Å². The smallest absolute Gasteiger partial charge is 0.196 e. The Labute approximate surface area is 700 Å². The summed E-state index contributed by atoms with van der Waals surface area (Å²) in [5, 5.41) is 0. The molecule has 0 heterocycles. The van der Waals surface area contributed by atoms with Crippen molar-refractivity contribution in [2.24, 2.45) is 0 Å². The summed E-state index contributed by atoms with van der Waals surface area (Å²) in [5.74, 6) is -10.6. The molecule has 0 saturated heterocycles. The summed E-state index contributed by atoms with van der Waals surface area (Å²) in [6.45, 7) is 33.2. The van der Waals surface area contributed by atoms with Gasteiger partial charge in [0.05, 0.1) is 11.4 Å². The summed E-state index contributed by atoms with van der Waals surface area (Å²) in [6, 6.07) is 94.1. The highest BCUT2D eigenvalue weighted by atomic mass is 19.2. The van der Waals surface area contributed by atoms with Crippen LogP contribution >= 0.6 is 0 Å². The van der Waals surface area contributed by atoms with Crippen LogP contribution in [0, 0.1) is 163 Å². The highest BCUT2D eigenvalue weighted by molar-refractivity contribution is 5.83. The molecule has 0 unspecified atom stereocenters. The highest BCUT2D eigenvalue weighted by Gasteiger charge is 2.25. The van der Waals surface area contributed by atoms with Crippen LogP contribution in [0.5, 0.6) is 0 Å². The second-order valence-corrected chi connectivity index (χ2v) is 30.6. The molecule has 0 aromatic heterocycles. The number of anilines is 15. The predicted molar refractivity (Wildman–Crippen MR) is 481 cm³/mol. The van der Waals surface area contributed by atoms with Gasteiger partial charge in [-0.15, -0.1) is 0 Å². The van der Waals surface area contributed by atoms with E-state index in [0.717, 1.165) is 63.0 Å². The molecule has 0 bridgehead atoms. The lowest BCUT2D eigenvalue weighted by atomic mass is 10.0. The van der Waals surface area contributed by atoms with Gasteiger partial charge in [0, 0.05) is 92.5 Å². The molecular formula is C106H98F9N5. The Bertz CT molecular complexity index is 5660. The Balaban J connectivity index is 0.000000147. The average Bonchev–Trinajstić information content (AvgIpc) is 0.816. The largest absolute Gasteiger partial charge is 0.310 e. The summed E-state index contributed by atoms with van der Waals surface area (Å²) in [5.41, 5.74) is 30.4. The topological polar surface area (TPSA) is 16.2 Å². The van der Waals surface area contributed by atoms with Crippen LogP contribution in [0.15, 0.2) is 303 Å². The third-order valence-electron chi connectivity index (χ3n) is 20.9. The maximum Gasteiger partial charge on any atom is 0.196 e. The van der Waals surface area contributed by atoms with Crippen molar-refractivity contribution in [3.8, 4) is 0 Å². The van der Waals surface area contributed by atoms with Gasteiger partial charge in [0.2, 0.25) is 0 Å². The first-order valence-corrected chi connectivity index (χ1v) is 39.5. The quantitative estimate of drug-likeness (QED) is 0.0749. The summed E-state index contributed by atoms with van der Waals surface area (Å²) in [6.07, 6.45) is 0. The normalized spacial score (nSPS) is 10.7. The van der Waals surface area contributed by atoms with Crippen LogP contribution in [0.4, 0.5) is 125 Å². The maximum absolute atomic E-state index is 14.4. The van der Waals surface area contributed by atoms with Crippen molar-refractivity contribution in [1.82, 2.24) is 0 Å². The van der Waals surface area contributed by atoms with Gasteiger partial charge in [0.25, 0.3) is 0 Å². The van der Waals surface area contributed by atoms with Gasteiger partial charge in [-0.2, -0.15) is 0 Å². The van der Waals surface area contributed by atoms with E-state index in [0.29, 0.717) is 34.9 Å². The van der Waals surface area contributed by atoms with E-state index in [1.54, 1.807) is 34.1 Å². The molecule has 0 radical (unpaired) electrons. The molecule has 15 rings (SSSR count). The molecule has 610 valence electrons. The van der Waals surface area contributed by atoms with Gasteiger partial charge < -0.3 is 24.5 Å². The van der Waals surface area contributed by atoms with E-state index in [9.17, 15) is 39.5 Å². The zero-order valence-electron chi connectivity index (χ0n) is 70.5. The Morgan fingerprint density at radius 1 is 0.150 bits per heavy atom. The Kier molecular flexibility index (Phi) is 28.6. The van der Waals surface area contributed by atoms with Crippen LogP contribution in [0.25, 0.3) is 0 Å². The van der Waals surface area contributed by atoms with Crippen molar-refractivity contribution in [2.45, 2.75) is 111 Å². The molecule has 120 heavy (non-hydrogen) atoms. The van der Waals surface area contributed by atoms with Gasteiger partial charge in [0.1, 0.15) is 11.5 Å². The molecule has 0 atom stereocenters. The van der Waals surface area contributed by atoms with E-state index in [-0.39, 0.29) is 17.1 Å². The highest BCUT2D eigenvalue weighted by Crippen LogP contribution is 2.44. The fraction of sp³-hybridized carbons (Fsp3) is 0.151. The van der Waals surface area contributed by atoms with E-state index >= 15 is 0 Å². The number of hydrogen-bond acceptors (Lipinski definition) is 5. The minimum Gasteiger partial charge on any atom is -0.310 e. The molecule has 5 nitrogen and oxygen atoms in total. The number of hydrogen-bond donors (Lipinski definition) is 0. The van der Waals surface area contributed by atoms with E-state index in [1.165, 1.54) is 101 Å². The Morgan fingerprint density at radius 2 is 0.400 bits per heavy atom. The van der Waals surface area contributed by atoms with Gasteiger partial charge in [-0.05, 0) is 301 Å². The van der Waals surface area contributed by atoms with Crippen LogP contribution in [0.3, 0.4) is 0 Å². The molecule has 0 aliphatic rings. The lowest BCUT2D eigenvalue weighted by Gasteiger charge is -2.28. The SMILES string of the molecule is Cc1ccc(N(c2ccc(C)c(C)c2)c2ccc(C)c(C)c2)cc1.Cc1ccc(N(c2ccc(C)c(C)c2)c2ccc(C)cc2C)cc1.Cc1ccc(N(c2ccc(C)cc2)c2c(F)cc(F)cc2F)cc1.Cc1ccc(N(c2ccc(C)cc2)c2cc(F)c(F)c(F)c2)cc1.Cc1ccc(N(c2ccc(C)cc2)c2ccc(F)c(F)c2F)cc1. The van der Waals surface area contributed by atoms with Crippen molar-refractivity contribution in [1.29, 1.82) is 0 Å².